The third kappa shape index (κ3) is 5.28. The molecule has 0 radical (unpaired) electrons. The highest BCUT2D eigenvalue weighted by Gasteiger charge is 2.23. The van der Waals surface area contributed by atoms with Crippen molar-refractivity contribution in [3.05, 3.63) is 0 Å². The van der Waals surface area contributed by atoms with E-state index < -0.39 is 0 Å². The van der Waals surface area contributed by atoms with Gasteiger partial charge in [-0.15, -0.1) is 0 Å². The Balaban J connectivity index is 1.53. The highest BCUT2D eigenvalue weighted by atomic mass is 32.2. The molecule has 0 saturated heterocycles. The summed E-state index contributed by atoms with van der Waals surface area (Å²) in [6.07, 6.45) is 11.7. The summed E-state index contributed by atoms with van der Waals surface area (Å²) in [6.45, 7) is 0. The van der Waals surface area contributed by atoms with Crippen molar-refractivity contribution >= 4 is 11.8 Å². The Morgan fingerprint density at radius 1 is 0.684 bits per heavy atom. The zero-order chi connectivity index (χ0) is 13.5. The molecule has 2 aliphatic rings. The molecule has 0 aliphatic heterocycles. The van der Waals surface area contributed by atoms with Crippen molar-refractivity contribution < 1.29 is 9.47 Å². The minimum atomic E-state index is 0.547. The van der Waals surface area contributed by atoms with E-state index in [0.717, 1.165) is 11.8 Å². The van der Waals surface area contributed by atoms with Gasteiger partial charge in [-0.3, -0.25) is 0 Å². The first-order valence-electron chi connectivity index (χ1n) is 7.95. The number of rotatable bonds is 6. The Kier molecular flexibility index (Phi) is 7.03. The van der Waals surface area contributed by atoms with Crippen LogP contribution in [0, 0.1) is 11.8 Å². The molecule has 2 nitrogen and oxygen atoms in total. The molecule has 2 aliphatic carbocycles. The number of ether oxygens (including phenoxy) is 2. The van der Waals surface area contributed by atoms with Crippen LogP contribution >= 0.6 is 11.8 Å². The molecule has 0 bridgehead atoms. The Morgan fingerprint density at radius 3 is 1.37 bits per heavy atom. The van der Waals surface area contributed by atoms with E-state index in [9.17, 15) is 0 Å². The number of methoxy groups -OCH3 is 2. The highest BCUT2D eigenvalue weighted by Crippen LogP contribution is 2.32. The molecule has 3 heteroatoms. The molecule has 19 heavy (non-hydrogen) atoms. The SMILES string of the molecule is COC1CCC(CSCC2CCC(OC)CC2)CC1. The second-order valence-corrected chi connectivity index (χ2v) is 7.37. The van der Waals surface area contributed by atoms with Crippen LogP contribution in [0.15, 0.2) is 0 Å². The summed E-state index contributed by atoms with van der Waals surface area (Å²) in [5.74, 6) is 4.65. The molecular formula is C16H30O2S. The summed E-state index contributed by atoms with van der Waals surface area (Å²) in [7, 11) is 3.71. The van der Waals surface area contributed by atoms with Crippen LogP contribution in [0.1, 0.15) is 51.4 Å². The van der Waals surface area contributed by atoms with Crippen molar-refractivity contribution in [1.82, 2.24) is 0 Å². The van der Waals surface area contributed by atoms with E-state index in [1.165, 1.54) is 62.9 Å². The fourth-order valence-electron chi connectivity index (χ4n) is 3.47. The fraction of sp³-hybridized carbons (Fsp3) is 1.00. The first-order chi connectivity index (χ1) is 9.31. The van der Waals surface area contributed by atoms with E-state index in [2.05, 4.69) is 11.8 Å². The zero-order valence-corrected chi connectivity index (χ0v) is 13.4. The number of hydrogen-bond donors (Lipinski definition) is 0. The molecule has 0 spiro atoms. The number of hydrogen-bond acceptors (Lipinski definition) is 3. The summed E-state index contributed by atoms with van der Waals surface area (Å²) in [5, 5.41) is 0. The van der Waals surface area contributed by atoms with Crippen molar-refractivity contribution in [2.75, 3.05) is 25.7 Å². The van der Waals surface area contributed by atoms with Crippen LogP contribution < -0.4 is 0 Å². The molecule has 0 aromatic carbocycles. The van der Waals surface area contributed by atoms with Crippen LogP contribution in [0.4, 0.5) is 0 Å². The van der Waals surface area contributed by atoms with E-state index in [1.54, 1.807) is 0 Å². The highest BCUT2D eigenvalue weighted by molar-refractivity contribution is 7.99. The lowest BCUT2D eigenvalue weighted by molar-refractivity contribution is 0.0593. The lowest BCUT2D eigenvalue weighted by atomic mass is 9.88. The van der Waals surface area contributed by atoms with Crippen molar-refractivity contribution in [3.63, 3.8) is 0 Å². The quantitative estimate of drug-likeness (QED) is 0.731. The Morgan fingerprint density at radius 2 is 1.05 bits per heavy atom. The van der Waals surface area contributed by atoms with Gasteiger partial charge in [-0.1, -0.05) is 0 Å². The van der Waals surface area contributed by atoms with Crippen molar-refractivity contribution in [1.29, 1.82) is 0 Å². The van der Waals surface area contributed by atoms with Gasteiger partial charge in [0.05, 0.1) is 12.2 Å². The molecular weight excluding hydrogens is 256 g/mol. The van der Waals surface area contributed by atoms with Gasteiger partial charge >= 0.3 is 0 Å². The summed E-state index contributed by atoms with van der Waals surface area (Å²) >= 11 is 2.20. The van der Waals surface area contributed by atoms with Gasteiger partial charge in [-0.25, -0.2) is 0 Å². The summed E-state index contributed by atoms with van der Waals surface area (Å²) in [6, 6.07) is 0. The summed E-state index contributed by atoms with van der Waals surface area (Å²) in [5.41, 5.74) is 0. The third-order valence-electron chi connectivity index (χ3n) is 4.96. The van der Waals surface area contributed by atoms with Gasteiger partial charge < -0.3 is 9.47 Å². The largest absolute Gasteiger partial charge is 0.381 e. The second kappa shape index (κ2) is 8.53. The molecule has 0 heterocycles. The first-order valence-corrected chi connectivity index (χ1v) is 9.10. The smallest absolute Gasteiger partial charge is 0.0571 e. The van der Waals surface area contributed by atoms with Gasteiger partial charge in [-0.2, -0.15) is 11.8 Å². The molecule has 0 atom stereocenters. The van der Waals surface area contributed by atoms with Crippen LogP contribution in [0.5, 0.6) is 0 Å². The maximum absolute atomic E-state index is 5.44. The number of thioether (sulfide) groups is 1. The molecule has 2 fully saturated rings. The van der Waals surface area contributed by atoms with Gasteiger partial charge in [0.15, 0.2) is 0 Å². The molecule has 0 N–H and O–H groups in total. The molecule has 112 valence electrons. The van der Waals surface area contributed by atoms with Crippen molar-refractivity contribution in [2.24, 2.45) is 11.8 Å². The van der Waals surface area contributed by atoms with Gasteiger partial charge in [0.1, 0.15) is 0 Å². The van der Waals surface area contributed by atoms with E-state index in [1.807, 2.05) is 14.2 Å². The van der Waals surface area contributed by atoms with Gasteiger partial charge in [0.2, 0.25) is 0 Å². The zero-order valence-electron chi connectivity index (χ0n) is 12.6. The second-order valence-electron chi connectivity index (χ2n) is 6.29. The third-order valence-corrected chi connectivity index (χ3v) is 6.38. The van der Waals surface area contributed by atoms with Crippen LogP contribution in [-0.4, -0.2) is 37.9 Å². The van der Waals surface area contributed by atoms with Gasteiger partial charge in [-0.05, 0) is 74.7 Å². The average Bonchev–Trinajstić information content (AvgIpc) is 2.49. The van der Waals surface area contributed by atoms with Crippen LogP contribution in [0.2, 0.25) is 0 Å². The van der Waals surface area contributed by atoms with Crippen LogP contribution in [0.25, 0.3) is 0 Å². The molecule has 0 unspecified atom stereocenters. The molecule has 0 aromatic rings. The molecule has 2 saturated carbocycles. The van der Waals surface area contributed by atoms with Crippen molar-refractivity contribution in [3.8, 4) is 0 Å². The maximum Gasteiger partial charge on any atom is 0.0571 e. The Labute approximate surface area is 123 Å². The predicted molar refractivity (Wildman–Crippen MR) is 82.8 cm³/mol. The lowest BCUT2D eigenvalue weighted by Gasteiger charge is -2.29. The van der Waals surface area contributed by atoms with E-state index in [0.29, 0.717) is 12.2 Å². The fourth-order valence-corrected chi connectivity index (χ4v) is 4.94. The van der Waals surface area contributed by atoms with Crippen LogP contribution in [-0.2, 0) is 9.47 Å². The van der Waals surface area contributed by atoms with Crippen molar-refractivity contribution in [2.45, 2.75) is 63.6 Å². The molecule has 2 rings (SSSR count). The standard InChI is InChI=1S/C16H30O2S/c1-17-15-7-3-13(4-8-15)11-19-12-14-5-9-16(18-2)10-6-14/h13-16H,3-12H2,1-2H3. The molecule has 0 aromatic heterocycles. The summed E-state index contributed by atoms with van der Waals surface area (Å²) in [4.78, 5) is 0. The van der Waals surface area contributed by atoms with E-state index >= 15 is 0 Å². The lowest BCUT2D eigenvalue weighted by Crippen LogP contribution is -2.23. The minimum absolute atomic E-state index is 0.547. The maximum atomic E-state index is 5.44. The Bertz CT molecular complexity index is 207. The first kappa shape index (κ1) is 15.7. The van der Waals surface area contributed by atoms with Gasteiger partial charge in [0.25, 0.3) is 0 Å². The van der Waals surface area contributed by atoms with Crippen LogP contribution in [0.3, 0.4) is 0 Å². The Hall–Kier alpha value is 0.270. The predicted octanol–water partition coefficient (Wildman–Crippen LogP) is 4.13. The average molecular weight is 286 g/mol. The van der Waals surface area contributed by atoms with E-state index in [4.69, 9.17) is 9.47 Å². The topological polar surface area (TPSA) is 18.5 Å². The van der Waals surface area contributed by atoms with E-state index in [-0.39, 0.29) is 0 Å². The monoisotopic (exact) mass is 286 g/mol. The summed E-state index contributed by atoms with van der Waals surface area (Å²) < 4.78 is 10.9. The minimum Gasteiger partial charge on any atom is -0.381 e. The van der Waals surface area contributed by atoms with Gasteiger partial charge in [0, 0.05) is 14.2 Å². The molecule has 0 amide bonds. The normalized spacial score (nSPS) is 36.3.